The van der Waals surface area contributed by atoms with E-state index in [0.717, 1.165) is 54.8 Å². The first-order valence-corrected chi connectivity index (χ1v) is 11.5. The van der Waals surface area contributed by atoms with Gasteiger partial charge in [0.1, 0.15) is 11.4 Å². The third-order valence-electron chi connectivity index (χ3n) is 7.37. The van der Waals surface area contributed by atoms with Gasteiger partial charge in [-0.05, 0) is 74.3 Å². The van der Waals surface area contributed by atoms with Gasteiger partial charge in [-0.15, -0.1) is 0 Å². The Kier molecular flexibility index (Phi) is 5.34. The van der Waals surface area contributed by atoms with E-state index in [4.69, 9.17) is 4.74 Å². The van der Waals surface area contributed by atoms with Gasteiger partial charge in [0.15, 0.2) is 0 Å². The lowest BCUT2D eigenvalue weighted by Gasteiger charge is -2.46. The van der Waals surface area contributed by atoms with Crippen molar-refractivity contribution in [3.63, 3.8) is 0 Å². The van der Waals surface area contributed by atoms with E-state index in [-0.39, 0.29) is 5.60 Å². The summed E-state index contributed by atoms with van der Waals surface area (Å²) in [6.45, 7) is 4.47. The van der Waals surface area contributed by atoms with Gasteiger partial charge in [-0.25, -0.2) is 0 Å². The summed E-state index contributed by atoms with van der Waals surface area (Å²) in [6.07, 6.45) is 6.37. The topological polar surface area (TPSA) is 52.9 Å². The normalized spacial score (nSPS) is 24.0. The Morgan fingerprint density at radius 2 is 1.83 bits per heavy atom. The molecule has 2 aliphatic heterocycles. The van der Waals surface area contributed by atoms with Crippen molar-refractivity contribution in [1.29, 1.82) is 0 Å². The fourth-order valence-corrected chi connectivity index (χ4v) is 5.52. The van der Waals surface area contributed by atoms with Crippen LogP contribution in [0.15, 0.2) is 36.4 Å². The minimum Gasteiger partial charge on any atom is -0.487 e. The SMILES string of the molecule is Cc1ccc2c(c1)[C@@H](O)CC1(CCN(C[C@@H](O)c3ccc4c(c3)CCCC4)CC1)O2. The highest BCUT2D eigenvalue weighted by atomic mass is 16.5. The van der Waals surface area contributed by atoms with Gasteiger partial charge in [-0.2, -0.15) is 0 Å². The predicted molar refractivity (Wildman–Crippen MR) is 118 cm³/mol. The van der Waals surface area contributed by atoms with E-state index in [9.17, 15) is 10.2 Å². The van der Waals surface area contributed by atoms with Crippen LogP contribution in [-0.2, 0) is 12.8 Å². The fourth-order valence-electron chi connectivity index (χ4n) is 5.52. The number of likely N-dealkylation sites (tertiary alicyclic amines) is 1. The van der Waals surface area contributed by atoms with Crippen molar-refractivity contribution in [2.24, 2.45) is 0 Å². The van der Waals surface area contributed by atoms with Gasteiger partial charge in [0, 0.05) is 31.6 Å². The second kappa shape index (κ2) is 7.99. The Hall–Kier alpha value is -1.88. The summed E-state index contributed by atoms with van der Waals surface area (Å²) in [5.74, 6) is 0.835. The number of hydrogen-bond acceptors (Lipinski definition) is 4. The number of aliphatic hydroxyl groups excluding tert-OH is 2. The summed E-state index contributed by atoms with van der Waals surface area (Å²) in [4.78, 5) is 2.34. The number of aryl methyl sites for hydroxylation is 3. The summed E-state index contributed by atoms with van der Waals surface area (Å²) in [6, 6.07) is 12.6. The van der Waals surface area contributed by atoms with Crippen molar-refractivity contribution >= 4 is 0 Å². The van der Waals surface area contributed by atoms with E-state index >= 15 is 0 Å². The van der Waals surface area contributed by atoms with Crippen molar-refractivity contribution in [1.82, 2.24) is 4.90 Å². The van der Waals surface area contributed by atoms with Crippen molar-refractivity contribution in [3.05, 3.63) is 64.2 Å². The van der Waals surface area contributed by atoms with Gasteiger partial charge in [-0.1, -0.05) is 29.8 Å². The Labute approximate surface area is 179 Å². The third kappa shape index (κ3) is 3.89. The Balaban J connectivity index is 1.22. The second-order valence-electron chi connectivity index (χ2n) is 9.60. The maximum absolute atomic E-state index is 10.9. The molecule has 0 aromatic heterocycles. The zero-order valence-electron chi connectivity index (χ0n) is 17.9. The minimum atomic E-state index is -0.457. The summed E-state index contributed by atoms with van der Waals surface area (Å²) in [5.41, 5.74) is 5.72. The maximum Gasteiger partial charge on any atom is 0.125 e. The van der Waals surface area contributed by atoms with E-state index in [1.54, 1.807) is 0 Å². The van der Waals surface area contributed by atoms with Crippen molar-refractivity contribution < 1.29 is 14.9 Å². The number of benzene rings is 2. The smallest absolute Gasteiger partial charge is 0.125 e. The molecule has 1 spiro atoms. The molecule has 2 N–H and O–H groups in total. The molecule has 1 aliphatic carbocycles. The Bertz CT molecular complexity index is 916. The number of hydrogen-bond donors (Lipinski definition) is 2. The molecule has 2 aromatic carbocycles. The van der Waals surface area contributed by atoms with Crippen LogP contribution in [0.25, 0.3) is 0 Å². The molecule has 1 saturated heterocycles. The monoisotopic (exact) mass is 407 g/mol. The van der Waals surface area contributed by atoms with Crippen molar-refractivity contribution in [3.8, 4) is 5.75 Å². The number of ether oxygens (including phenoxy) is 1. The van der Waals surface area contributed by atoms with Crippen LogP contribution in [0, 0.1) is 6.92 Å². The summed E-state index contributed by atoms with van der Waals surface area (Å²) >= 11 is 0. The lowest BCUT2D eigenvalue weighted by atomic mass is 9.81. The van der Waals surface area contributed by atoms with E-state index in [1.807, 2.05) is 19.1 Å². The molecule has 5 rings (SSSR count). The molecule has 1 fully saturated rings. The molecule has 0 radical (unpaired) electrons. The molecule has 30 heavy (non-hydrogen) atoms. The van der Waals surface area contributed by atoms with E-state index in [0.29, 0.717) is 13.0 Å². The number of nitrogens with zero attached hydrogens (tertiary/aromatic N) is 1. The number of aliphatic hydroxyl groups is 2. The molecule has 0 unspecified atom stereocenters. The average Bonchev–Trinajstić information content (AvgIpc) is 2.76. The van der Waals surface area contributed by atoms with Gasteiger partial charge in [-0.3, -0.25) is 0 Å². The highest BCUT2D eigenvalue weighted by molar-refractivity contribution is 5.41. The van der Waals surface area contributed by atoms with Crippen LogP contribution in [0.2, 0.25) is 0 Å². The Morgan fingerprint density at radius 3 is 2.63 bits per heavy atom. The van der Waals surface area contributed by atoms with Crippen molar-refractivity contribution in [2.45, 2.75) is 69.7 Å². The molecule has 4 nitrogen and oxygen atoms in total. The second-order valence-corrected chi connectivity index (χ2v) is 9.60. The number of rotatable bonds is 3. The quantitative estimate of drug-likeness (QED) is 0.798. The first kappa shape index (κ1) is 20.0. The molecule has 3 aliphatic rings. The predicted octanol–water partition coefficient (Wildman–Crippen LogP) is 4.26. The van der Waals surface area contributed by atoms with Gasteiger partial charge in [0.2, 0.25) is 0 Å². The van der Waals surface area contributed by atoms with Crippen LogP contribution < -0.4 is 4.74 Å². The van der Waals surface area contributed by atoms with Gasteiger partial charge in [0.05, 0.1) is 12.2 Å². The number of fused-ring (bicyclic) bond motifs is 2. The molecule has 0 amide bonds. The maximum atomic E-state index is 10.9. The fraction of sp³-hybridized carbons (Fsp3) is 0.538. The number of piperidine rings is 1. The Morgan fingerprint density at radius 1 is 1.07 bits per heavy atom. The molecule has 4 heteroatoms. The molecule has 0 bridgehead atoms. The molecule has 2 heterocycles. The zero-order valence-corrected chi connectivity index (χ0v) is 17.9. The van der Waals surface area contributed by atoms with E-state index < -0.39 is 12.2 Å². The lowest BCUT2D eigenvalue weighted by molar-refractivity contribution is -0.0588. The minimum absolute atomic E-state index is 0.283. The third-order valence-corrected chi connectivity index (χ3v) is 7.37. The average molecular weight is 408 g/mol. The lowest BCUT2D eigenvalue weighted by Crippen LogP contribution is -2.51. The molecule has 2 aromatic rings. The van der Waals surface area contributed by atoms with Crippen LogP contribution >= 0.6 is 0 Å². The van der Waals surface area contributed by atoms with Crippen LogP contribution in [0.1, 0.15) is 72.1 Å². The van der Waals surface area contributed by atoms with Crippen LogP contribution in [-0.4, -0.2) is 40.3 Å². The summed E-state index contributed by atoms with van der Waals surface area (Å²) < 4.78 is 6.44. The van der Waals surface area contributed by atoms with Crippen LogP contribution in [0.5, 0.6) is 5.75 Å². The van der Waals surface area contributed by atoms with Gasteiger partial charge >= 0.3 is 0 Å². The van der Waals surface area contributed by atoms with Crippen molar-refractivity contribution in [2.75, 3.05) is 19.6 Å². The van der Waals surface area contributed by atoms with E-state index in [1.165, 1.54) is 30.4 Å². The summed E-state index contributed by atoms with van der Waals surface area (Å²) in [7, 11) is 0. The molecule has 0 saturated carbocycles. The highest BCUT2D eigenvalue weighted by Crippen LogP contribution is 2.44. The van der Waals surface area contributed by atoms with Crippen LogP contribution in [0.4, 0.5) is 0 Å². The van der Waals surface area contributed by atoms with Crippen LogP contribution in [0.3, 0.4) is 0 Å². The zero-order chi connectivity index (χ0) is 20.7. The molecular weight excluding hydrogens is 374 g/mol. The van der Waals surface area contributed by atoms with Gasteiger partial charge < -0.3 is 19.8 Å². The molecule has 160 valence electrons. The first-order chi connectivity index (χ1) is 14.5. The number of β-amino-alcohol motifs (C(OH)–C–C–N with tert-alkyl or cyclic N) is 1. The van der Waals surface area contributed by atoms with E-state index in [2.05, 4.69) is 29.2 Å². The van der Waals surface area contributed by atoms with Gasteiger partial charge in [0.25, 0.3) is 0 Å². The molecular formula is C26H33NO3. The summed E-state index contributed by atoms with van der Waals surface area (Å²) in [5, 5.41) is 21.6. The largest absolute Gasteiger partial charge is 0.487 e. The highest BCUT2D eigenvalue weighted by Gasteiger charge is 2.43. The first-order valence-electron chi connectivity index (χ1n) is 11.5. The standard InChI is InChI=1S/C26H33NO3/c1-18-6-9-25-22(14-18)23(28)16-26(30-25)10-12-27(13-11-26)17-24(29)21-8-7-19-4-2-3-5-20(19)15-21/h6-9,14-15,23-24,28-29H,2-5,10-13,16-17H2,1H3/t23-,24+/m0/s1. The molecule has 2 atom stereocenters.